The van der Waals surface area contributed by atoms with Crippen molar-refractivity contribution in [2.24, 2.45) is 0 Å². The number of nitrogens with zero attached hydrogens (tertiary/aromatic N) is 1. The van der Waals surface area contributed by atoms with E-state index in [0.29, 0.717) is 12.2 Å². The lowest BCUT2D eigenvalue weighted by Crippen LogP contribution is -1.94. The number of rotatable bonds is 3. The molecule has 14 heavy (non-hydrogen) atoms. The van der Waals surface area contributed by atoms with Crippen LogP contribution in [-0.2, 0) is 0 Å². The third-order valence-corrected chi connectivity index (χ3v) is 2.25. The highest BCUT2D eigenvalue weighted by Crippen LogP contribution is 2.25. The van der Waals surface area contributed by atoms with Crippen molar-refractivity contribution >= 4 is 15.9 Å². The molecule has 1 aromatic rings. The average Bonchev–Trinajstić information content (AvgIpc) is 2.20. The van der Waals surface area contributed by atoms with Gasteiger partial charge in [0.2, 0.25) is 0 Å². The fraction of sp³-hybridized carbons (Fsp3) is 0.182. The molecule has 0 saturated carbocycles. The molecule has 72 valence electrons. The molecule has 0 atom stereocenters. The summed E-state index contributed by atoms with van der Waals surface area (Å²) in [5.74, 6) is 0.752. The van der Waals surface area contributed by atoms with E-state index in [2.05, 4.69) is 22.0 Å². The summed E-state index contributed by atoms with van der Waals surface area (Å²) in [5.41, 5.74) is 0.621. The first-order valence-corrected chi connectivity index (χ1v) is 5.01. The molecule has 2 nitrogen and oxygen atoms in total. The van der Waals surface area contributed by atoms with Crippen LogP contribution in [-0.4, -0.2) is 6.61 Å². The van der Waals surface area contributed by atoms with Crippen molar-refractivity contribution in [1.82, 2.24) is 0 Å². The van der Waals surface area contributed by atoms with Crippen LogP contribution in [0, 0.1) is 11.3 Å². The van der Waals surface area contributed by atoms with Crippen LogP contribution >= 0.6 is 15.9 Å². The quantitative estimate of drug-likeness (QED) is 0.773. The molecule has 0 bridgehead atoms. The minimum atomic E-state index is 0.543. The van der Waals surface area contributed by atoms with Gasteiger partial charge in [0.1, 0.15) is 12.4 Å². The first-order valence-electron chi connectivity index (χ1n) is 4.21. The van der Waals surface area contributed by atoms with E-state index >= 15 is 0 Å². The second-order valence-corrected chi connectivity index (χ2v) is 3.49. The van der Waals surface area contributed by atoms with Gasteiger partial charge in [0.15, 0.2) is 0 Å². The number of hydrogen-bond donors (Lipinski definition) is 0. The van der Waals surface area contributed by atoms with Crippen LogP contribution in [0.1, 0.15) is 12.5 Å². The van der Waals surface area contributed by atoms with Crippen LogP contribution in [0.3, 0.4) is 0 Å². The zero-order valence-electron chi connectivity index (χ0n) is 7.83. The molecule has 0 aliphatic rings. The molecule has 0 fully saturated rings. The topological polar surface area (TPSA) is 33.0 Å². The minimum Gasteiger partial charge on any atom is -0.488 e. The maximum atomic E-state index is 8.64. The number of ether oxygens (including phenoxy) is 1. The summed E-state index contributed by atoms with van der Waals surface area (Å²) in [7, 11) is 0. The molecule has 3 heteroatoms. The summed E-state index contributed by atoms with van der Waals surface area (Å²) in [6.45, 7) is 2.48. The summed E-state index contributed by atoms with van der Waals surface area (Å²) in [5, 5.41) is 8.64. The SMILES string of the molecule is C/C=C/COc1ccc(C#N)cc1Br. The average molecular weight is 252 g/mol. The summed E-state index contributed by atoms with van der Waals surface area (Å²) in [6, 6.07) is 7.32. The predicted octanol–water partition coefficient (Wildman–Crippen LogP) is 3.28. The molecule has 0 aliphatic heterocycles. The maximum Gasteiger partial charge on any atom is 0.134 e. The van der Waals surface area contributed by atoms with E-state index in [1.165, 1.54) is 0 Å². The van der Waals surface area contributed by atoms with E-state index in [-0.39, 0.29) is 0 Å². The largest absolute Gasteiger partial charge is 0.488 e. The fourth-order valence-corrected chi connectivity index (χ4v) is 1.41. The highest BCUT2D eigenvalue weighted by molar-refractivity contribution is 9.10. The Labute approximate surface area is 91.9 Å². The maximum absolute atomic E-state index is 8.64. The van der Waals surface area contributed by atoms with Crippen molar-refractivity contribution in [3.8, 4) is 11.8 Å². The van der Waals surface area contributed by atoms with Crippen molar-refractivity contribution < 1.29 is 4.74 Å². The van der Waals surface area contributed by atoms with Crippen LogP contribution in [0.15, 0.2) is 34.8 Å². The molecule has 1 rings (SSSR count). The number of nitriles is 1. The number of allylic oxidation sites excluding steroid dienone is 1. The lowest BCUT2D eigenvalue weighted by Gasteiger charge is -2.05. The monoisotopic (exact) mass is 251 g/mol. The van der Waals surface area contributed by atoms with Gasteiger partial charge >= 0.3 is 0 Å². The molecule has 0 N–H and O–H groups in total. The Balaban J connectivity index is 2.75. The van der Waals surface area contributed by atoms with Crippen molar-refractivity contribution in [3.05, 3.63) is 40.4 Å². The van der Waals surface area contributed by atoms with E-state index in [4.69, 9.17) is 10.00 Å². The van der Waals surface area contributed by atoms with Crippen molar-refractivity contribution in [2.75, 3.05) is 6.61 Å². The molecule has 0 amide bonds. The van der Waals surface area contributed by atoms with E-state index in [0.717, 1.165) is 10.2 Å². The van der Waals surface area contributed by atoms with Crippen molar-refractivity contribution in [3.63, 3.8) is 0 Å². The third kappa shape index (κ3) is 2.90. The molecule has 0 aliphatic carbocycles. The van der Waals surface area contributed by atoms with E-state index in [1.807, 2.05) is 19.1 Å². The van der Waals surface area contributed by atoms with Gasteiger partial charge in [-0.3, -0.25) is 0 Å². The highest BCUT2D eigenvalue weighted by Gasteiger charge is 2.00. The van der Waals surface area contributed by atoms with E-state index in [1.54, 1.807) is 18.2 Å². The van der Waals surface area contributed by atoms with Crippen molar-refractivity contribution in [2.45, 2.75) is 6.92 Å². The van der Waals surface area contributed by atoms with Gasteiger partial charge in [-0.15, -0.1) is 0 Å². The number of benzene rings is 1. The molecular weight excluding hydrogens is 242 g/mol. The zero-order chi connectivity index (χ0) is 10.4. The molecule has 0 heterocycles. The van der Waals surface area contributed by atoms with Gasteiger partial charge in [-0.25, -0.2) is 0 Å². The van der Waals surface area contributed by atoms with Crippen LogP contribution in [0.5, 0.6) is 5.75 Å². The van der Waals surface area contributed by atoms with Gasteiger partial charge in [-0.2, -0.15) is 5.26 Å². The number of halogens is 1. The van der Waals surface area contributed by atoms with Gasteiger partial charge in [0.25, 0.3) is 0 Å². The standard InChI is InChI=1S/C11H10BrNO/c1-2-3-6-14-11-5-4-9(8-13)7-10(11)12/h2-5,7H,6H2,1H3/b3-2+. The molecule has 0 saturated heterocycles. The second-order valence-electron chi connectivity index (χ2n) is 2.64. The molecule has 0 radical (unpaired) electrons. The van der Waals surface area contributed by atoms with Crippen molar-refractivity contribution in [1.29, 1.82) is 5.26 Å². The Morgan fingerprint density at radius 2 is 2.36 bits per heavy atom. The molecule has 0 spiro atoms. The smallest absolute Gasteiger partial charge is 0.134 e. The van der Waals surface area contributed by atoms with Crippen LogP contribution in [0.2, 0.25) is 0 Å². The summed E-state index contributed by atoms with van der Waals surface area (Å²) < 4.78 is 6.24. The van der Waals surface area contributed by atoms with Gasteiger partial charge in [0.05, 0.1) is 16.1 Å². The van der Waals surface area contributed by atoms with E-state index in [9.17, 15) is 0 Å². The third-order valence-electron chi connectivity index (χ3n) is 1.63. The Bertz CT molecular complexity index is 379. The highest BCUT2D eigenvalue weighted by atomic mass is 79.9. The van der Waals surface area contributed by atoms with Crippen LogP contribution in [0.25, 0.3) is 0 Å². The molecule has 0 aromatic heterocycles. The fourth-order valence-electron chi connectivity index (χ4n) is 0.922. The second kappa shape index (κ2) is 5.46. The first-order chi connectivity index (χ1) is 6.77. The van der Waals surface area contributed by atoms with Crippen LogP contribution in [0.4, 0.5) is 0 Å². The Morgan fingerprint density at radius 3 is 2.93 bits per heavy atom. The summed E-state index contributed by atoms with van der Waals surface area (Å²) in [4.78, 5) is 0. The summed E-state index contributed by atoms with van der Waals surface area (Å²) in [6.07, 6.45) is 3.85. The van der Waals surface area contributed by atoms with Gasteiger partial charge < -0.3 is 4.74 Å². The van der Waals surface area contributed by atoms with Gasteiger partial charge in [-0.1, -0.05) is 12.2 Å². The lowest BCUT2D eigenvalue weighted by molar-refractivity contribution is 0.360. The summed E-state index contributed by atoms with van der Waals surface area (Å²) >= 11 is 3.34. The lowest BCUT2D eigenvalue weighted by atomic mass is 10.2. The zero-order valence-corrected chi connectivity index (χ0v) is 9.41. The minimum absolute atomic E-state index is 0.543. The number of hydrogen-bond acceptors (Lipinski definition) is 2. The first kappa shape index (κ1) is 10.8. The predicted molar refractivity (Wildman–Crippen MR) is 59.2 cm³/mol. The van der Waals surface area contributed by atoms with Gasteiger partial charge in [-0.05, 0) is 41.1 Å². The molecule has 1 aromatic carbocycles. The Morgan fingerprint density at radius 1 is 1.57 bits per heavy atom. The molecular formula is C11H10BrNO. The van der Waals surface area contributed by atoms with E-state index < -0.39 is 0 Å². The van der Waals surface area contributed by atoms with Crippen LogP contribution < -0.4 is 4.74 Å². The Kier molecular flexibility index (Phi) is 4.21. The molecule has 0 unspecified atom stereocenters. The normalized spacial score (nSPS) is 10.1. The van der Waals surface area contributed by atoms with Gasteiger partial charge in [0, 0.05) is 0 Å². The Hall–Kier alpha value is -1.27.